The smallest absolute Gasteiger partial charge is 0.283 e. The minimum atomic E-state index is -0.211. The number of hydrogen-bond donors (Lipinski definition) is 1. The molecule has 0 radical (unpaired) electrons. The van der Waals surface area contributed by atoms with Gasteiger partial charge in [0, 0.05) is 18.7 Å². The van der Waals surface area contributed by atoms with Gasteiger partial charge in [0.15, 0.2) is 0 Å². The number of rotatable bonds is 5. The van der Waals surface area contributed by atoms with Gasteiger partial charge in [-0.15, -0.1) is 0 Å². The van der Waals surface area contributed by atoms with Gasteiger partial charge in [-0.25, -0.2) is 15.0 Å². The summed E-state index contributed by atoms with van der Waals surface area (Å²) in [5.74, 6) is -0.211. The quantitative estimate of drug-likeness (QED) is 0.862. The number of nitrogens with zero attached hydrogens (tertiary/aromatic N) is 3. The summed E-state index contributed by atoms with van der Waals surface area (Å²) in [6.07, 6.45) is 1.44. The van der Waals surface area contributed by atoms with Crippen LogP contribution in [0.3, 0.4) is 0 Å². The summed E-state index contributed by atoms with van der Waals surface area (Å²) in [6.45, 7) is 9.60. The Bertz CT molecular complexity index is 665. The number of benzene rings is 1. The topological polar surface area (TPSA) is 58.1 Å². The van der Waals surface area contributed by atoms with Gasteiger partial charge >= 0.3 is 0 Å². The molecule has 0 fully saturated rings. The standard InChI is InChI=1S/C17H22N4O/c1-5-21(6-2)20-17(22)16-10-15(18-11-19-16)14-9-7-8-12(3)13(14)4/h7-11H,5-6H2,1-4H3,(H,20,22). The van der Waals surface area contributed by atoms with Crippen LogP contribution in [-0.2, 0) is 0 Å². The van der Waals surface area contributed by atoms with Crippen LogP contribution in [0.4, 0.5) is 0 Å². The first kappa shape index (κ1) is 16.1. The Morgan fingerprint density at radius 3 is 2.59 bits per heavy atom. The maximum Gasteiger partial charge on any atom is 0.284 e. The lowest BCUT2D eigenvalue weighted by atomic mass is 10.0. The monoisotopic (exact) mass is 298 g/mol. The van der Waals surface area contributed by atoms with Gasteiger partial charge in [0.2, 0.25) is 0 Å². The van der Waals surface area contributed by atoms with Crippen LogP contribution < -0.4 is 5.43 Å². The van der Waals surface area contributed by atoms with E-state index in [0.717, 1.165) is 29.9 Å². The Morgan fingerprint density at radius 2 is 1.91 bits per heavy atom. The second kappa shape index (κ2) is 7.13. The lowest BCUT2D eigenvalue weighted by molar-refractivity contribution is 0.0800. The van der Waals surface area contributed by atoms with E-state index in [-0.39, 0.29) is 5.91 Å². The van der Waals surface area contributed by atoms with E-state index in [1.54, 1.807) is 6.07 Å². The molecule has 1 N–H and O–H groups in total. The number of nitrogens with one attached hydrogen (secondary N) is 1. The van der Waals surface area contributed by atoms with E-state index in [1.807, 2.05) is 31.0 Å². The summed E-state index contributed by atoms with van der Waals surface area (Å²) in [7, 11) is 0. The third-order valence-electron chi connectivity index (χ3n) is 3.80. The number of aryl methyl sites for hydroxylation is 1. The van der Waals surface area contributed by atoms with Crippen molar-refractivity contribution in [1.29, 1.82) is 0 Å². The average Bonchev–Trinajstić information content (AvgIpc) is 2.55. The molecule has 0 bridgehead atoms. The largest absolute Gasteiger partial charge is 0.284 e. The number of aromatic nitrogens is 2. The molecule has 1 aromatic carbocycles. The van der Waals surface area contributed by atoms with Crippen LogP contribution in [0.5, 0.6) is 0 Å². The van der Waals surface area contributed by atoms with Crippen LogP contribution in [0.25, 0.3) is 11.3 Å². The van der Waals surface area contributed by atoms with Crippen molar-refractivity contribution < 1.29 is 4.79 Å². The molecule has 2 rings (SSSR count). The number of carbonyl (C=O) groups is 1. The molecule has 1 heterocycles. The lowest BCUT2D eigenvalue weighted by Gasteiger charge is -2.19. The third-order valence-corrected chi connectivity index (χ3v) is 3.80. The normalized spacial score (nSPS) is 10.8. The fourth-order valence-corrected chi connectivity index (χ4v) is 2.24. The predicted octanol–water partition coefficient (Wildman–Crippen LogP) is 2.75. The van der Waals surface area contributed by atoms with E-state index in [1.165, 1.54) is 11.9 Å². The summed E-state index contributed by atoms with van der Waals surface area (Å²) in [6, 6.07) is 7.81. The highest BCUT2D eigenvalue weighted by Crippen LogP contribution is 2.23. The van der Waals surface area contributed by atoms with Crippen molar-refractivity contribution in [3.8, 4) is 11.3 Å². The minimum absolute atomic E-state index is 0.211. The first-order chi connectivity index (χ1) is 10.6. The molecule has 0 atom stereocenters. The maximum atomic E-state index is 12.3. The first-order valence-corrected chi connectivity index (χ1v) is 7.51. The van der Waals surface area contributed by atoms with Gasteiger partial charge < -0.3 is 0 Å². The molecule has 1 amide bonds. The van der Waals surface area contributed by atoms with Crippen LogP contribution in [0.2, 0.25) is 0 Å². The van der Waals surface area contributed by atoms with Gasteiger partial charge in [-0.2, -0.15) is 0 Å². The molecule has 0 aliphatic carbocycles. The van der Waals surface area contributed by atoms with Gasteiger partial charge in [0.05, 0.1) is 5.69 Å². The van der Waals surface area contributed by atoms with Gasteiger partial charge in [0.25, 0.3) is 5.91 Å². The summed E-state index contributed by atoms with van der Waals surface area (Å²) < 4.78 is 0. The highest BCUT2D eigenvalue weighted by Gasteiger charge is 2.13. The first-order valence-electron chi connectivity index (χ1n) is 7.51. The lowest BCUT2D eigenvalue weighted by Crippen LogP contribution is -2.42. The van der Waals surface area contributed by atoms with Crippen LogP contribution in [0.15, 0.2) is 30.6 Å². The van der Waals surface area contributed by atoms with Crippen molar-refractivity contribution in [3.05, 3.63) is 47.4 Å². The van der Waals surface area contributed by atoms with Crippen molar-refractivity contribution >= 4 is 5.91 Å². The maximum absolute atomic E-state index is 12.3. The number of carbonyl (C=O) groups excluding carboxylic acids is 1. The predicted molar refractivity (Wildman–Crippen MR) is 87.3 cm³/mol. The summed E-state index contributed by atoms with van der Waals surface area (Å²) in [5, 5.41) is 1.84. The minimum Gasteiger partial charge on any atom is -0.283 e. The van der Waals surface area contributed by atoms with E-state index in [4.69, 9.17) is 0 Å². The molecule has 0 saturated carbocycles. The van der Waals surface area contributed by atoms with Crippen LogP contribution >= 0.6 is 0 Å². The Morgan fingerprint density at radius 1 is 1.18 bits per heavy atom. The molecule has 5 nitrogen and oxygen atoms in total. The van der Waals surface area contributed by atoms with E-state index >= 15 is 0 Å². The summed E-state index contributed by atoms with van der Waals surface area (Å²) in [4.78, 5) is 20.7. The Labute approximate surface area is 131 Å². The van der Waals surface area contributed by atoms with Crippen LogP contribution in [0, 0.1) is 13.8 Å². The Hall–Kier alpha value is -2.27. The molecular weight excluding hydrogens is 276 g/mol. The summed E-state index contributed by atoms with van der Waals surface area (Å²) >= 11 is 0. The van der Waals surface area contributed by atoms with Crippen molar-refractivity contribution in [2.75, 3.05) is 13.1 Å². The fourth-order valence-electron chi connectivity index (χ4n) is 2.24. The van der Waals surface area contributed by atoms with E-state index in [2.05, 4.69) is 35.3 Å². The molecule has 0 saturated heterocycles. The number of hydrogen-bond acceptors (Lipinski definition) is 4. The average molecular weight is 298 g/mol. The highest BCUT2D eigenvalue weighted by atomic mass is 16.2. The molecule has 1 aromatic heterocycles. The fraction of sp³-hybridized carbons (Fsp3) is 0.353. The Kier molecular flexibility index (Phi) is 5.22. The van der Waals surface area contributed by atoms with Gasteiger partial charge in [-0.1, -0.05) is 32.0 Å². The van der Waals surface area contributed by atoms with Crippen molar-refractivity contribution in [2.45, 2.75) is 27.7 Å². The highest BCUT2D eigenvalue weighted by molar-refractivity contribution is 5.92. The number of hydrazine groups is 1. The molecule has 0 spiro atoms. The van der Waals surface area contributed by atoms with Crippen molar-refractivity contribution in [3.63, 3.8) is 0 Å². The van der Waals surface area contributed by atoms with Crippen LogP contribution in [0.1, 0.15) is 35.5 Å². The molecular formula is C17H22N4O. The second-order valence-corrected chi connectivity index (χ2v) is 5.15. The zero-order valence-electron chi connectivity index (χ0n) is 13.6. The molecule has 0 aliphatic heterocycles. The zero-order valence-corrected chi connectivity index (χ0v) is 13.6. The van der Waals surface area contributed by atoms with E-state index in [0.29, 0.717) is 5.69 Å². The van der Waals surface area contributed by atoms with Gasteiger partial charge in [-0.3, -0.25) is 10.2 Å². The Balaban J connectivity index is 2.30. The number of amides is 1. The van der Waals surface area contributed by atoms with E-state index in [9.17, 15) is 4.79 Å². The molecule has 22 heavy (non-hydrogen) atoms. The SMILES string of the molecule is CCN(CC)NC(=O)c1cc(-c2cccc(C)c2C)ncn1. The summed E-state index contributed by atoms with van der Waals surface area (Å²) in [5.41, 5.74) is 7.37. The molecule has 5 heteroatoms. The molecule has 2 aromatic rings. The molecule has 0 aliphatic rings. The zero-order chi connectivity index (χ0) is 16.1. The molecule has 0 unspecified atom stereocenters. The molecule has 116 valence electrons. The van der Waals surface area contributed by atoms with Gasteiger partial charge in [-0.05, 0) is 31.0 Å². The van der Waals surface area contributed by atoms with Crippen molar-refractivity contribution in [1.82, 2.24) is 20.4 Å². The van der Waals surface area contributed by atoms with Crippen molar-refractivity contribution in [2.24, 2.45) is 0 Å². The van der Waals surface area contributed by atoms with Gasteiger partial charge in [0.1, 0.15) is 12.0 Å². The van der Waals surface area contributed by atoms with E-state index < -0.39 is 0 Å². The third kappa shape index (κ3) is 3.49. The van der Waals surface area contributed by atoms with Crippen LogP contribution in [-0.4, -0.2) is 34.0 Å². The second-order valence-electron chi connectivity index (χ2n) is 5.15.